The lowest BCUT2D eigenvalue weighted by Crippen LogP contribution is -2.09. The molecule has 202 valence electrons. The summed E-state index contributed by atoms with van der Waals surface area (Å²) in [5.41, 5.74) is 2.94. The Labute approximate surface area is 227 Å². The normalized spacial score (nSPS) is 10.7. The second kappa shape index (κ2) is 16.3. The molecule has 0 radical (unpaired) electrons. The highest BCUT2D eigenvalue weighted by molar-refractivity contribution is 5.92. The van der Waals surface area contributed by atoms with E-state index < -0.39 is 5.97 Å². The largest absolute Gasteiger partial charge is 0.494 e. The number of hydrogen-bond donors (Lipinski definition) is 0. The third kappa shape index (κ3) is 9.70. The molecule has 0 aliphatic rings. The third-order valence-electron chi connectivity index (χ3n) is 6.36. The molecule has 0 atom stereocenters. The van der Waals surface area contributed by atoms with Crippen molar-refractivity contribution in [2.24, 2.45) is 0 Å². The van der Waals surface area contributed by atoms with Gasteiger partial charge in [-0.3, -0.25) is 0 Å². The van der Waals surface area contributed by atoms with Crippen molar-refractivity contribution in [1.82, 2.24) is 0 Å². The van der Waals surface area contributed by atoms with Crippen LogP contribution in [0.25, 0.3) is 11.1 Å². The molecule has 0 saturated carbocycles. The van der Waals surface area contributed by atoms with Gasteiger partial charge in [0.15, 0.2) is 0 Å². The molecule has 0 fully saturated rings. The molecule has 0 amide bonds. The molecule has 0 aliphatic heterocycles. The van der Waals surface area contributed by atoms with Crippen LogP contribution in [0.1, 0.15) is 92.4 Å². The summed E-state index contributed by atoms with van der Waals surface area (Å²) in [4.78, 5) is 24.7. The Morgan fingerprint density at radius 1 is 0.526 bits per heavy atom. The maximum absolute atomic E-state index is 12.6. The minimum atomic E-state index is -0.454. The van der Waals surface area contributed by atoms with Crippen LogP contribution in [0.5, 0.6) is 11.5 Å². The quantitative estimate of drug-likeness (QED) is 0.108. The van der Waals surface area contributed by atoms with Crippen molar-refractivity contribution >= 4 is 11.9 Å². The zero-order valence-corrected chi connectivity index (χ0v) is 22.7. The van der Waals surface area contributed by atoms with E-state index in [1.165, 1.54) is 32.1 Å². The second-order valence-electron chi connectivity index (χ2n) is 9.47. The Kier molecular flexibility index (Phi) is 12.4. The minimum absolute atomic E-state index is 0.369. The van der Waals surface area contributed by atoms with Crippen molar-refractivity contribution < 1.29 is 23.8 Å². The molecule has 3 rings (SSSR count). The van der Waals surface area contributed by atoms with Crippen LogP contribution in [0.2, 0.25) is 0 Å². The Bertz CT molecular complexity index is 1100. The zero-order valence-electron chi connectivity index (χ0n) is 22.7. The summed E-state index contributed by atoms with van der Waals surface area (Å²) >= 11 is 0. The van der Waals surface area contributed by atoms with Gasteiger partial charge in [0.05, 0.1) is 24.3 Å². The molecule has 0 spiro atoms. The first kappa shape index (κ1) is 29.0. The summed E-state index contributed by atoms with van der Waals surface area (Å²) < 4.78 is 16.6. The number of rotatable bonds is 16. The fraction of sp³-hybridized carbons (Fsp3) is 0.394. The van der Waals surface area contributed by atoms with E-state index in [1.54, 1.807) is 36.4 Å². The molecule has 0 heterocycles. The van der Waals surface area contributed by atoms with Gasteiger partial charge in [-0.2, -0.15) is 0 Å². The molecule has 3 aromatic carbocycles. The Morgan fingerprint density at radius 3 is 1.66 bits per heavy atom. The molecular formula is C33H40O5. The van der Waals surface area contributed by atoms with Crippen LogP contribution in [0.15, 0.2) is 72.8 Å². The molecule has 3 aromatic rings. The van der Waals surface area contributed by atoms with Crippen molar-refractivity contribution in [2.75, 3.05) is 13.2 Å². The first-order valence-electron chi connectivity index (χ1n) is 13.9. The Balaban J connectivity index is 1.46. The van der Waals surface area contributed by atoms with E-state index in [0.717, 1.165) is 49.2 Å². The van der Waals surface area contributed by atoms with Crippen molar-refractivity contribution in [3.05, 3.63) is 83.9 Å². The lowest BCUT2D eigenvalue weighted by Gasteiger charge is -2.09. The highest BCUT2D eigenvalue weighted by Crippen LogP contribution is 2.24. The summed E-state index contributed by atoms with van der Waals surface area (Å²) in [7, 11) is 0. The van der Waals surface area contributed by atoms with Gasteiger partial charge in [-0.1, -0.05) is 83.1 Å². The van der Waals surface area contributed by atoms with E-state index >= 15 is 0 Å². The van der Waals surface area contributed by atoms with E-state index in [1.807, 2.05) is 36.4 Å². The van der Waals surface area contributed by atoms with E-state index in [0.29, 0.717) is 23.5 Å². The molecule has 0 unspecified atom stereocenters. The van der Waals surface area contributed by atoms with Crippen LogP contribution >= 0.6 is 0 Å². The first-order valence-corrected chi connectivity index (χ1v) is 13.9. The number of ether oxygens (including phenoxy) is 3. The predicted molar refractivity (Wildman–Crippen MR) is 152 cm³/mol. The van der Waals surface area contributed by atoms with Crippen molar-refractivity contribution in [1.29, 1.82) is 0 Å². The average Bonchev–Trinajstić information content (AvgIpc) is 2.95. The first-order chi connectivity index (χ1) is 18.6. The lowest BCUT2D eigenvalue weighted by molar-refractivity contribution is 0.0498. The van der Waals surface area contributed by atoms with Gasteiger partial charge >= 0.3 is 11.9 Å². The molecule has 38 heavy (non-hydrogen) atoms. The fourth-order valence-corrected chi connectivity index (χ4v) is 4.04. The number of carbonyl (C=O) groups excluding carboxylic acids is 2. The van der Waals surface area contributed by atoms with Crippen LogP contribution in [-0.2, 0) is 4.74 Å². The Hall–Kier alpha value is -3.60. The van der Waals surface area contributed by atoms with Crippen LogP contribution in [-0.4, -0.2) is 25.2 Å². The van der Waals surface area contributed by atoms with Crippen LogP contribution in [0.4, 0.5) is 0 Å². The number of esters is 2. The van der Waals surface area contributed by atoms with Gasteiger partial charge in [-0.25, -0.2) is 9.59 Å². The van der Waals surface area contributed by atoms with Gasteiger partial charge in [0.25, 0.3) is 0 Å². The van der Waals surface area contributed by atoms with Gasteiger partial charge in [0, 0.05) is 0 Å². The number of unbranched alkanes of at least 4 members (excludes halogenated alkanes) is 7. The smallest absolute Gasteiger partial charge is 0.343 e. The molecule has 0 bridgehead atoms. The van der Waals surface area contributed by atoms with Crippen molar-refractivity contribution in [3.63, 3.8) is 0 Å². The molecule has 0 saturated heterocycles. The summed E-state index contributed by atoms with van der Waals surface area (Å²) in [5, 5.41) is 0. The number of hydrogen-bond acceptors (Lipinski definition) is 5. The predicted octanol–water partition coefficient (Wildman–Crippen LogP) is 8.66. The molecule has 0 N–H and O–H groups in total. The van der Waals surface area contributed by atoms with Crippen LogP contribution < -0.4 is 9.47 Å². The summed E-state index contributed by atoms with van der Waals surface area (Å²) in [6.07, 6.45) is 10.4. The monoisotopic (exact) mass is 516 g/mol. The standard InChI is InChI=1S/C33H40O5/c1-3-5-7-8-9-11-24-36-30-20-16-27(17-21-30)26-12-14-29(15-13-26)33(35)38-31-22-18-28(19-23-31)32(34)37-25-10-6-4-2/h12-23H,3-11,24-25H2,1-2H3. The molecule has 0 aliphatic carbocycles. The van der Waals surface area contributed by atoms with Gasteiger partial charge in [-0.15, -0.1) is 0 Å². The summed E-state index contributed by atoms with van der Waals surface area (Å²) in [6, 6.07) is 21.8. The van der Waals surface area contributed by atoms with Crippen molar-refractivity contribution in [2.45, 2.75) is 71.6 Å². The van der Waals surface area contributed by atoms with Crippen LogP contribution in [0.3, 0.4) is 0 Å². The van der Waals surface area contributed by atoms with E-state index in [-0.39, 0.29) is 5.97 Å². The minimum Gasteiger partial charge on any atom is -0.494 e. The second-order valence-corrected chi connectivity index (χ2v) is 9.47. The van der Waals surface area contributed by atoms with Gasteiger partial charge in [-0.05, 0) is 72.5 Å². The Morgan fingerprint density at radius 2 is 1.00 bits per heavy atom. The topological polar surface area (TPSA) is 61.8 Å². The molecule has 5 heteroatoms. The SMILES string of the molecule is CCCCCCCCOc1ccc(-c2ccc(C(=O)Oc3ccc(C(=O)OCCCCC)cc3)cc2)cc1. The van der Waals surface area contributed by atoms with E-state index in [9.17, 15) is 9.59 Å². The third-order valence-corrected chi connectivity index (χ3v) is 6.36. The maximum Gasteiger partial charge on any atom is 0.343 e. The highest BCUT2D eigenvalue weighted by atomic mass is 16.5. The zero-order chi connectivity index (χ0) is 27.0. The highest BCUT2D eigenvalue weighted by Gasteiger charge is 2.11. The number of carbonyl (C=O) groups is 2. The van der Waals surface area contributed by atoms with Gasteiger partial charge in [0.2, 0.25) is 0 Å². The maximum atomic E-state index is 12.6. The van der Waals surface area contributed by atoms with Gasteiger partial charge in [0.1, 0.15) is 11.5 Å². The van der Waals surface area contributed by atoms with Crippen molar-refractivity contribution in [3.8, 4) is 22.6 Å². The molecular weight excluding hydrogens is 476 g/mol. The fourth-order valence-electron chi connectivity index (χ4n) is 4.04. The van der Waals surface area contributed by atoms with Gasteiger partial charge < -0.3 is 14.2 Å². The van der Waals surface area contributed by atoms with Crippen LogP contribution in [0, 0.1) is 0 Å². The average molecular weight is 517 g/mol. The molecule has 5 nitrogen and oxygen atoms in total. The summed E-state index contributed by atoms with van der Waals surface area (Å²) in [5.74, 6) is 0.424. The molecule has 0 aromatic heterocycles. The van der Waals surface area contributed by atoms with E-state index in [4.69, 9.17) is 14.2 Å². The van der Waals surface area contributed by atoms with E-state index in [2.05, 4.69) is 13.8 Å². The lowest BCUT2D eigenvalue weighted by atomic mass is 10.0. The summed E-state index contributed by atoms with van der Waals surface area (Å²) in [6.45, 7) is 5.49. The number of benzene rings is 3.